The Balaban J connectivity index is 1.93. The molecular formula is C14H18N4O2S2. The molecule has 0 spiro atoms. The van der Waals surface area contributed by atoms with Gasteiger partial charge in [0.2, 0.25) is 5.91 Å². The minimum absolute atomic E-state index is 0.0218. The van der Waals surface area contributed by atoms with Gasteiger partial charge in [-0.15, -0.1) is 23.1 Å². The van der Waals surface area contributed by atoms with Crippen LogP contribution in [0.4, 0.5) is 5.69 Å². The molecule has 8 heteroatoms. The van der Waals surface area contributed by atoms with E-state index in [1.54, 1.807) is 10.9 Å². The van der Waals surface area contributed by atoms with Crippen LogP contribution < -0.4 is 10.9 Å². The predicted octanol–water partition coefficient (Wildman–Crippen LogP) is 1.84. The summed E-state index contributed by atoms with van der Waals surface area (Å²) >= 11 is 2.90. The average Bonchev–Trinajstić information content (AvgIpc) is 2.89. The van der Waals surface area contributed by atoms with Crippen molar-refractivity contribution >= 4 is 44.9 Å². The van der Waals surface area contributed by atoms with E-state index < -0.39 is 0 Å². The second-order valence-electron chi connectivity index (χ2n) is 5.05. The molecule has 1 aliphatic rings. The van der Waals surface area contributed by atoms with Crippen LogP contribution in [-0.2, 0) is 11.3 Å². The summed E-state index contributed by atoms with van der Waals surface area (Å²) in [6, 6.07) is 0. The van der Waals surface area contributed by atoms with Gasteiger partial charge in [0.1, 0.15) is 10.2 Å². The van der Waals surface area contributed by atoms with Gasteiger partial charge in [-0.05, 0) is 13.1 Å². The molecule has 0 saturated heterocycles. The highest BCUT2D eigenvalue weighted by Gasteiger charge is 2.23. The smallest absolute Gasteiger partial charge is 0.271 e. The number of amides is 1. The molecule has 118 valence electrons. The second-order valence-corrected chi connectivity index (χ2v) is 7.31. The minimum atomic E-state index is -0.0373. The van der Waals surface area contributed by atoms with Gasteiger partial charge in [-0.3, -0.25) is 14.2 Å². The molecule has 6 nitrogen and oxygen atoms in total. The number of nitrogens with zero attached hydrogens (tertiary/aromatic N) is 3. The van der Waals surface area contributed by atoms with Gasteiger partial charge in [-0.2, -0.15) is 0 Å². The molecule has 0 saturated carbocycles. The first-order valence-corrected chi connectivity index (χ1v) is 9.11. The fourth-order valence-corrected chi connectivity index (χ4v) is 4.63. The lowest BCUT2D eigenvalue weighted by Gasteiger charge is -2.18. The maximum absolute atomic E-state index is 12.6. The Labute approximate surface area is 136 Å². The van der Waals surface area contributed by atoms with Crippen LogP contribution in [0, 0.1) is 0 Å². The molecule has 0 aromatic carbocycles. The molecule has 0 radical (unpaired) electrons. The fraction of sp³-hybridized carbons (Fsp3) is 0.500. The van der Waals surface area contributed by atoms with E-state index in [0.717, 1.165) is 23.8 Å². The van der Waals surface area contributed by atoms with Crippen LogP contribution in [0.5, 0.6) is 0 Å². The standard InChI is InChI=1S/C14H18N4O2S2/c1-3-17(4-2)5-6-18-8-15-10-11-14(21-7-9(19)16-11)22-12(10)13(18)20/h8H,3-7H2,1-2H3,(H,16,19). The first kappa shape index (κ1) is 15.5. The molecule has 3 heterocycles. The van der Waals surface area contributed by atoms with Crippen molar-refractivity contribution in [3.8, 4) is 0 Å². The molecule has 0 aliphatic carbocycles. The molecule has 3 rings (SSSR count). The summed E-state index contributed by atoms with van der Waals surface area (Å²) in [7, 11) is 0. The molecule has 1 amide bonds. The summed E-state index contributed by atoms with van der Waals surface area (Å²) in [5.41, 5.74) is 1.30. The van der Waals surface area contributed by atoms with Crippen LogP contribution in [-0.4, -0.2) is 45.7 Å². The average molecular weight is 338 g/mol. The van der Waals surface area contributed by atoms with E-state index in [0.29, 0.717) is 28.2 Å². The zero-order chi connectivity index (χ0) is 15.7. The third kappa shape index (κ3) is 2.78. The highest BCUT2D eigenvalue weighted by molar-refractivity contribution is 8.02. The van der Waals surface area contributed by atoms with Crippen LogP contribution >= 0.6 is 23.1 Å². The zero-order valence-corrected chi connectivity index (χ0v) is 14.2. The van der Waals surface area contributed by atoms with Gasteiger partial charge in [0.15, 0.2) is 0 Å². The largest absolute Gasteiger partial charge is 0.322 e. The van der Waals surface area contributed by atoms with Gasteiger partial charge in [0.05, 0.1) is 22.0 Å². The van der Waals surface area contributed by atoms with Crippen molar-refractivity contribution < 1.29 is 4.79 Å². The van der Waals surface area contributed by atoms with E-state index in [4.69, 9.17) is 0 Å². The van der Waals surface area contributed by atoms with Gasteiger partial charge in [-0.1, -0.05) is 13.8 Å². The lowest BCUT2D eigenvalue weighted by molar-refractivity contribution is -0.113. The van der Waals surface area contributed by atoms with Crippen molar-refractivity contribution in [2.75, 3.05) is 30.7 Å². The van der Waals surface area contributed by atoms with Crippen LogP contribution in [0.25, 0.3) is 10.2 Å². The SMILES string of the molecule is CCN(CC)CCn1cnc2c3c(sc2c1=O)SCC(=O)N3. The monoisotopic (exact) mass is 338 g/mol. The molecule has 0 fully saturated rings. The summed E-state index contributed by atoms with van der Waals surface area (Å²) in [6.07, 6.45) is 1.59. The minimum Gasteiger partial charge on any atom is -0.322 e. The molecule has 1 aliphatic heterocycles. The van der Waals surface area contributed by atoms with Crippen molar-refractivity contribution in [1.82, 2.24) is 14.5 Å². The summed E-state index contributed by atoms with van der Waals surface area (Å²) in [6.45, 7) is 7.62. The molecule has 1 N–H and O–H groups in total. The number of hydrogen-bond acceptors (Lipinski definition) is 6. The molecule has 0 atom stereocenters. The number of fused-ring (bicyclic) bond motifs is 3. The zero-order valence-electron chi connectivity index (χ0n) is 12.6. The van der Waals surface area contributed by atoms with E-state index in [1.165, 1.54) is 23.1 Å². The number of thioether (sulfide) groups is 1. The molecule has 22 heavy (non-hydrogen) atoms. The Hall–Kier alpha value is -1.38. The van der Waals surface area contributed by atoms with Crippen molar-refractivity contribution in [1.29, 1.82) is 0 Å². The Kier molecular flexibility index (Phi) is 4.51. The maximum Gasteiger partial charge on any atom is 0.271 e. The second kappa shape index (κ2) is 6.39. The quantitative estimate of drug-likeness (QED) is 0.901. The van der Waals surface area contributed by atoms with Crippen LogP contribution in [0.1, 0.15) is 13.8 Å². The van der Waals surface area contributed by atoms with Gasteiger partial charge in [-0.25, -0.2) is 4.98 Å². The Morgan fingerprint density at radius 1 is 1.36 bits per heavy atom. The number of likely N-dealkylation sites (N-methyl/N-ethyl adjacent to an activating group) is 1. The van der Waals surface area contributed by atoms with E-state index in [2.05, 4.69) is 29.0 Å². The van der Waals surface area contributed by atoms with Gasteiger partial charge in [0, 0.05) is 13.1 Å². The molecule has 0 bridgehead atoms. The molecule has 2 aromatic heterocycles. The first-order valence-electron chi connectivity index (χ1n) is 7.31. The van der Waals surface area contributed by atoms with E-state index >= 15 is 0 Å². The Bertz CT molecular complexity index is 764. The maximum atomic E-state index is 12.6. The number of carbonyl (C=O) groups is 1. The molecule has 2 aromatic rings. The number of aromatic nitrogens is 2. The molecule has 0 unspecified atom stereocenters. The molecular weight excluding hydrogens is 320 g/mol. The van der Waals surface area contributed by atoms with E-state index in [9.17, 15) is 9.59 Å². The number of rotatable bonds is 5. The summed E-state index contributed by atoms with van der Waals surface area (Å²) in [4.78, 5) is 30.8. The van der Waals surface area contributed by atoms with Crippen LogP contribution in [0.3, 0.4) is 0 Å². The van der Waals surface area contributed by atoms with Crippen LogP contribution in [0.15, 0.2) is 15.3 Å². The van der Waals surface area contributed by atoms with Crippen molar-refractivity contribution in [2.24, 2.45) is 0 Å². The van der Waals surface area contributed by atoms with Crippen molar-refractivity contribution in [3.63, 3.8) is 0 Å². The Morgan fingerprint density at radius 2 is 2.14 bits per heavy atom. The lowest BCUT2D eigenvalue weighted by Crippen LogP contribution is -2.30. The first-order chi connectivity index (χ1) is 10.6. The normalized spacial score (nSPS) is 14.4. The number of carbonyl (C=O) groups excluding carboxylic acids is 1. The summed E-state index contributed by atoms with van der Waals surface area (Å²) < 4.78 is 3.26. The summed E-state index contributed by atoms with van der Waals surface area (Å²) in [5, 5.41) is 2.83. The fourth-order valence-electron chi connectivity index (χ4n) is 2.45. The Morgan fingerprint density at radius 3 is 2.86 bits per heavy atom. The number of nitrogens with one attached hydrogen (secondary N) is 1. The van der Waals surface area contributed by atoms with Crippen molar-refractivity contribution in [3.05, 3.63) is 16.7 Å². The highest BCUT2D eigenvalue weighted by Crippen LogP contribution is 2.42. The van der Waals surface area contributed by atoms with Crippen LogP contribution in [0.2, 0.25) is 0 Å². The van der Waals surface area contributed by atoms with Crippen molar-refractivity contribution in [2.45, 2.75) is 24.6 Å². The lowest BCUT2D eigenvalue weighted by atomic mass is 10.4. The predicted molar refractivity (Wildman–Crippen MR) is 91.0 cm³/mol. The third-order valence-electron chi connectivity index (χ3n) is 3.78. The van der Waals surface area contributed by atoms with E-state index in [-0.39, 0.29) is 11.5 Å². The summed E-state index contributed by atoms with van der Waals surface area (Å²) in [5.74, 6) is 0.361. The van der Waals surface area contributed by atoms with E-state index in [1.807, 2.05) is 0 Å². The van der Waals surface area contributed by atoms with Gasteiger partial charge >= 0.3 is 0 Å². The highest BCUT2D eigenvalue weighted by atomic mass is 32.2. The van der Waals surface area contributed by atoms with Gasteiger partial charge in [0.25, 0.3) is 5.56 Å². The number of anilines is 1. The topological polar surface area (TPSA) is 67.2 Å². The number of hydrogen-bond donors (Lipinski definition) is 1. The van der Waals surface area contributed by atoms with Gasteiger partial charge < -0.3 is 10.2 Å². The number of thiophene rings is 1. The third-order valence-corrected chi connectivity index (χ3v) is 6.22.